The van der Waals surface area contributed by atoms with E-state index in [1.807, 2.05) is 0 Å². The van der Waals surface area contributed by atoms with Crippen LogP contribution in [0.1, 0.15) is 31.9 Å². The van der Waals surface area contributed by atoms with Gasteiger partial charge in [0.05, 0.1) is 0 Å². The molecule has 4 heteroatoms. The fraction of sp³-hybridized carbons (Fsp3) is 0.250. The van der Waals surface area contributed by atoms with Crippen molar-refractivity contribution in [3.05, 3.63) is 126 Å². The molecule has 4 rings (SSSR count). The Kier molecular flexibility index (Phi) is 7.79. The van der Waals surface area contributed by atoms with E-state index >= 15 is 0 Å². The van der Waals surface area contributed by atoms with Crippen LogP contribution in [-0.2, 0) is 17.2 Å². The zero-order valence-electron chi connectivity index (χ0n) is 22.1. The van der Waals surface area contributed by atoms with E-state index in [9.17, 15) is 0 Å². The molecule has 0 aliphatic carbocycles. The first-order valence-corrected chi connectivity index (χ1v) is 20.0. The summed E-state index contributed by atoms with van der Waals surface area (Å²) in [6.45, 7) is 12.2. The van der Waals surface area contributed by atoms with Crippen molar-refractivity contribution in [1.29, 1.82) is 0 Å². The molecule has 0 N–H and O–H groups in total. The molecule has 0 saturated carbocycles. The second-order valence-electron chi connectivity index (χ2n) is 11.2. The molecule has 4 aromatic rings. The van der Waals surface area contributed by atoms with Crippen LogP contribution in [0.15, 0.2) is 115 Å². The normalized spacial score (nSPS) is 13.7. The molecule has 0 saturated heterocycles. The average molecular weight is 578 g/mol. The molecule has 36 heavy (non-hydrogen) atoms. The predicted octanol–water partition coefficient (Wildman–Crippen LogP) is 8.55. The van der Waals surface area contributed by atoms with Gasteiger partial charge in [-0.1, -0.05) is 0 Å². The van der Waals surface area contributed by atoms with Crippen molar-refractivity contribution in [3.8, 4) is 0 Å². The van der Waals surface area contributed by atoms with E-state index in [1.165, 1.54) is 27.0 Å². The molecule has 0 aromatic heterocycles. The van der Waals surface area contributed by atoms with Gasteiger partial charge in [-0.3, -0.25) is 0 Å². The number of hydrogen-bond acceptors (Lipinski definition) is 1. The summed E-state index contributed by atoms with van der Waals surface area (Å²) in [6.07, 6.45) is 0.896. The summed E-state index contributed by atoms with van der Waals surface area (Å²) >= 11 is 4.56. The molecule has 0 amide bonds. The van der Waals surface area contributed by atoms with E-state index in [0.717, 1.165) is 6.16 Å². The second kappa shape index (κ2) is 10.4. The summed E-state index contributed by atoms with van der Waals surface area (Å²) in [5, 5.41) is 1.24. The Morgan fingerprint density at radius 3 is 1.33 bits per heavy atom. The molecule has 0 radical (unpaired) electrons. The molecule has 0 spiro atoms. The molecule has 188 valence electrons. The molecule has 1 nitrogen and oxygen atoms in total. The van der Waals surface area contributed by atoms with Crippen molar-refractivity contribution in [2.75, 3.05) is 0 Å². The minimum absolute atomic E-state index is 0.210. The van der Waals surface area contributed by atoms with Crippen molar-refractivity contribution in [3.63, 3.8) is 0 Å². The molecule has 0 bridgehead atoms. The maximum absolute atomic E-state index is 6.49. The van der Waals surface area contributed by atoms with Crippen molar-refractivity contribution in [2.45, 2.75) is 51.7 Å². The fourth-order valence-corrected chi connectivity index (χ4v) is 13.2. The Morgan fingerprint density at radius 1 is 0.611 bits per heavy atom. The van der Waals surface area contributed by atoms with Crippen molar-refractivity contribution < 1.29 is 4.43 Å². The Morgan fingerprint density at radius 2 is 0.972 bits per heavy atom. The second-order valence-corrected chi connectivity index (χ2v) is 24.9. The van der Waals surface area contributed by atoms with E-state index in [4.69, 9.17) is 4.43 Å². The molecule has 0 fully saturated rings. The molecule has 0 aliphatic rings. The van der Waals surface area contributed by atoms with Gasteiger partial charge in [0.2, 0.25) is 0 Å². The Labute approximate surface area is 226 Å². The summed E-state index contributed by atoms with van der Waals surface area (Å²) in [7, 11) is -1.78. The van der Waals surface area contributed by atoms with Gasteiger partial charge in [0.1, 0.15) is 0 Å². The molecule has 0 unspecified atom stereocenters. The number of rotatable bonds is 8. The van der Waals surface area contributed by atoms with E-state index in [-0.39, 0.29) is 5.04 Å². The first-order chi connectivity index (χ1) is 17.0. The van der Waals surface area contributed by atoms with Gasteiger partial charge in [-0.05, 0) is 0 Å². The maximum atomic E-state index is 6.49. The van der Waals surface area contributed by atoms with Crippen LogP contribution in [0.25, 0.3) is 0 Å². The van der Waals surface area contributed by atoms with Gasteiger partial charge in [0.15, 0.2) is 0 Å². The molecule has 0 atom stereocenters. The zero-order valence-corrected chi connectivity index (χ0v) is 25.6. The van der Waals surface area contributed by atoms with Crippen LogP contribution in [0, 0.1) is 0 Å². The third kappa shape index (κ3) is 5.17. The number of benzene rings is 4. The molecular formula is C32H38BrOPSi. The van der Waals surface area contributed by atoms with Crippen LogP contribution in [0.5, 0.6) is 0 Å². The first kappa shape index (κ1) is 27.0. The van der Waals surface area contributed by atoms with Crippen molar-refractivity contribution in [1.82, 2.24) is 0 Å². The van der Waals surface area contributed by atoms with Crippen LogP contribution in [0.4, 0.5) is 0 Å². The Balaban J connectivity index is 1.77. The summed E-state index contributed by atoms with van der Waals surface area (Å²) < 4.78 is 6.49. The topological polar surface area (TPSA) is 9.23 Å². The number of halogens is 1. The third-order valence-electron chi connectivity index (χ3n) is 7.79. The van der Waals surface area contributed by atoms with E-state index in [1.54, 1.807) is 0 Å². The molecule has 4 aromatic carbocycles. The average Bonchev–Trinajstić information content (AvgIpc) is 2.89. The summed E-state index contributed by atoms with van der Waals surface area (Å²) in [4.78, 5) is 0. The Hall–Kier alpha value is -2.03. The molecule has 0 aliphatic heterocycles. The summed E-state index contributed by atoms with van der Waals surface area (Å²) in [5.74, 6) is 0. The fourth-order valence-electron chi connectivity index (χ4n) is 4.50. The SMILES string of the molecule is CC(C)(C)[Si](C)(C)OCc1ccc(CP(Br)(c2ccccc2)(c2ccccc2)c2ccccc2)cc1. The van der Waals surface area contributed by atoms with Crippen LogP contribution in [0.2, 0.25) is 18.1 Å². The van der Waals surface area contributed by atoms with Crippen LogP contribution < -0.4 is 15.9 Å². The standard InChI is InChI=1S/C32H38BrOPSi/c1-32(2,3)36(4,5)34-25-27-21-23-28(24-22-27)26-35(33,29-15-9-6-10-16-29,30-17-11-7-12-18-30)31-19-13-8-14-20-31/h6-24H,25-26H2,1-5H3. The van der Waals surface area contributed by atoms with Gasteiger partial charge in [0, 0.05) is 0 Å². The summed E-state index contributed by atoms with van der Waals surface area (Å²) in [6, 6.07) is 42.1. The third-order valence-corrected chi connectivity index (χ3v) is 21.8. The predicted molar refractivity (Wildman–Crippen MR) is 166 cm³/mol. The number of hydrogen-bond donors (Lipinski definition) is 0. The van der Waals surface area contributed by atoms with Gasteiger partial charge in [-0.25, -0.2) is 0 Å². The first-order valence-electron chi connectivity index (χ1n) is 12.7. The zero-order chi connectivity index (χ0) is 25.9. The van der Waals surface area contributed by atoms with Crippen molar-refractivity contribution >= 4 is 45.0 Å². The van der Waals surface area contributed by atoms with Crippen LogP contribution in [0.3, 0.4) is 0 Å². The van der Waals surface area contributed by atoms with Gasteiger partial charge >= 0.3 is 228 Å². The van der Waals surface area contributed by atoms with Gasteiger partial charge in [-0.2, -0.15) is 0 Å². The quantitative estimate of drug-likeness (QED) is 0.151. The van der Waals surface area contributed by atoms with E-state index in [0.29, 0.717) is 6.61 Å². The van der Waals surface area contributed by atoms with E-state index in [2.05, 4.69) is 165 Å². The monoisotopic (exact) mass is 576 g/mol. The van der Waals surface area contributed by atoms with Crippen LogP contribution in [-0.4, -0.2) is 8.32 Å². The Bertz CT molecular complexity index is 1170. The van der Waals surface area contributed by atoms with E-state index < -0.39 is 13.6 Å². The van der Waals surface area contributed by atoms with Gasteiger partial charge < -0.3 is 0 Å². The van der Waals surface area contributed by atoms with Crippen molar-refractivity contribution in [2.24, 2.45) is 0 Å². The molecule has 0 heterocycles. The van der Waals surface area contributed by atoms with Gasteiger partial charge in [0.25, 0.3) is 0 Å². The summed E-state index contributed by atoms with van der Waals surface area (Å²) in [5.41, 5.74) is 2.55. The van der Waals surface area contributed by atoms with Crippen LogP contribution >= 0.6 is 20.8 Å². The molecular weight excluding hydrogens is 539 g/mol. The minimum atomic E-state index is -2.99. The van der Waals surface area contributed by atoms with Gasteiger partial charge in [-0.15, -0.1) is 0 Å².